The summed E-state index contributed by atoms with van der Waals surface area (Å²) in [5.74, 6) is 0.710. The lowest BCUT2D eigenvalue weighted by atomic mass is 10.2. The topological polar surface area (TPSA) is 52.7 Å². The van der Waals surface area contributed by atoms with Crippen LogP contribution in [0.1, 0.15) is 12.8 Å². The first-order valence-electron chi connectivity index (χ1n) is 5.93. The maximum absolute atomic E-state index is 11.8. The Labute approximate surface area is 95.8 Å². The molecule has 1 aliphatic carbocycles. The lowest BCUT2D eigenvalue weighted by molar-refractivity contribution is -0.139. The second-order valence-corrected chi connectivity index (χ2v) is 4.51. The molecular weight excluding hydrogens is 206 g/mol. The van der Waals surface area contributed by atoms with E-state index in [1.807, 2.05) is 9.80 Å². The Hall–Kier alpha value is -1.10. The smallest absolute Gasteiger partial charge is 0.236 e. The highest BCUT2D eigenvalue weighted by molar-refractivity contribution is 5.82. The molecule has 1 saturated heterocycles. The van der Waals surface area contributed by atoms with Crippen molar-refractivity contribution in [3.63, 3.8) is 0 Å². The van der Waals surface area contributed by atoms with Gasteiger partial charge < -0.3 is 15.1 Å². The number of hydrogen-bond donors (Lipinski definition) is 1. The fourth-order valence-corrected chi connectivity index (χ4v) is 2.03. The molecule has 1 heterocycles. The van der Waals surface area contributed by atoms with Crippen molar-refractivity contribution in [1.29, 1.82) is 0 Å². The predicted molar refractivity (Wildman–Crippen MR) is 59.8 cm³/mol. The summed E-state index contributed by atoms with van der Waals surface area (Å²) in [6.07, 6.45) is 2.11. The molecule has 16 heavy (non-hydrogen) atoms. The van der Waals surface area contributed by atoms with Crippen molar-refractivity contribution in [3.05, 3.63) is 0 Å². The van der Waals surface area contributed by atoms with E-state index in [0.29, 0.717) is 44.5 Å². The Morgan fingerprint density at radius 1 is 1.12 bits per heavy atom. The van der Waals surface area contributed by atoms with Gasteiger partial charge in [-0.3, -0.25) is 9.59 Å². The van der Waals surface area contributed by atoms with E-state index in [-0.39, 0.29) is 5.91 Å². The summed E-state index contributed by atoms with van der Waals surface area (Å²) >= 11 is 0. The van der Waals surface area contributed by atoms with Gasteiger partial charge in [0.05, 0.1) is 6.54 Å². The average molecular weight is 225 g/mol. The van der Waals surface area contributed by atoms with Gasteiger partial charge in [0.2, 0.25) is 11.8 Å². The number of nitrogens with one attached hydrogen (secondary N) is 1. The number of hydrogen-bond acceptors (Lipinski definition) is 3. The number of likely N-dealkylation sites (N-methyl/N-ethyl adjacent to an activating group) is 1. The largest absolute Gasteiger partial charge is 0.339 e. The first-order valence-corrected chi connectivity index (χ1v) is 5.93. The molecular formula is C11H19N3O2. The van der Waals surface area contributed by atoms with Crippen LogP contribution in [0.4, 0.5) is 0 Å². The number of carbonyl (C=O) groups excluding carboxylic acids is 2. The molecule has 1 aliphatic heterocycles. The zero-order valence-electron chi connectivity index (χ0n) is 9.74. The van der Waals surface area contributed by atoms with E-state index in [1.165, 1.54) is 0 Å². The van der Waals surface area contributed by atoms with Gasteiger partial charge in [0, 0.05) is 32.1 Å². The minimum Gasteiger partial charge on any atom is -0.339 e. The lowest BCUT2D eigenvalue weighted by Crippen LogP contribution is -2.52. The van der Waals surface area contributed by atoms with E-state index in [0.717, 1.165) is 12.8 Å². The minimum atomic E-state index is 0.126. The third-order valence-electron chi connectivity index (χ3n) is 3.20. The molecule has 0 radical (unpaired) electrons. The summed E-state index contributed by atoms with van der Waals surface area (Å²) in [5, 5.41) is 2.86. The van der Waals surface area contributed by atoms with E-state index in [4.69, 9.17) is 0 Å². The van der Waals surface area contributed by atoms with Crippen LogP contribution in [0.5, 0.6) is 0 Å². The van der Waals surface area contributed by atoms with E-state index in [9.17, 15) is 9.59 Å². The van der Waals surface area contributed by atoms with Gasteiger partial charge in [-0.15, -0.1) is 0 Å². The zero-order valence-corrected chi connectivity index (χ0v) is 9.74. The first kappa shape index (κ1) is 11.4. The van der Waals surface area contributed by atoms with Crippen molar-refractivity contribution in [2.24, 2.45) is 5.92 Å². The molecule has 0 bridgehead atoms. The second-order valence-electron chi connectivity index (χ2n) is 4.51. The van der Waals surface area contributed by atoms with Crippen LogP contribution >= 0.6 is 0 Å². The summed E-state index contributed by atoms with van der Waals surface area (Å²) in [6, 6.07) is 0. The van der Waals surface area contributed by atoms with Crippen molar-refractivity contribution < 1.29 is 9.59 Å². The van der Waals surface area contributed by atoms with E-state index in [2.05, 4.69) is 5.32 Å². The van der Waals surface area contributed by atoms with Gasteiger partial charge in [-0.05, 0) is 19.9 Å². The van der Waals surface area contributed by atoms with Crippen LogP contribution in [-0.4, -0.2) is 61.4 Å². The van der Waals surface area contributed by atoms with Crippen LogP contribution in [0, 0.1) is 5.92 Å². The van der Waals surface area contributed by atoms with Crippen molar-refractivity contribution in [2.75, 3.05) is 39.8 Å². The molecule has 5 nitrogen and oxygen atoms in total. The monoisotopic (exact) mass is 225 g/mol. The number of carbonyl (C=O) groups is 2. The SMILES string of the molecule is CNCC(=O)N1CCN(C(=O)C2CC2)CC1. The fourth-order valence-electron chi connectivity index (χ4n) is 2.03. The maximum atomic E-state index is 11.8. The molecule has 0 aromatic rings. The van der Waals surface area contributed by atoms with Crippen LogP contribution in [0.3, 0.4) is 0 Å². The molecule has 2 fully saturated rings. The molecule has 2 rings (SSSR count). The van der Waals surface area contributed by atoms with Gasteiger partial charge in [-0.25, -0.2) is 0 Å². The Morgan fingerprint density at radius 2 is 1.69 bits per heavy atom. The zero-order chi connectivity index (χ0) is 11.5. The Balaban J connectivity index is 1.77. The van der Waals surface area contributed by atoms with Crippen LogP contribution < -0.4 is 5.32 Å². The van der Waals surface area contributed by atoms with Gasteiger partial charge in [0.15, 0.2) is 0 Å². The highest BCUT2D eigenvalue weighted by atomic mass is 16.2. The first-order chi connectivity index (χ1) is 7.72. The third-order valence-corrected chi connectivity index (χ3v) is 3.20. The fraction of sp³-hybridized carbons (Fsp3) is 0.818. The molecule has 0 unspecified atom stereocenters. The number of rotatable bonds is 3. The minimum absolute atomic E-state index is 0.126. The molecule has 0 atom stereocenters. The highest BCUT2D eigenvalue weighted by Crippen LogP contribution is 2.31. The molecule has 1 saturated carbocycles. The van der Waals surface area contributed by atoms with Gasteiger partial charge in [-0.1, -0.05) is 0 Å². The van der Waals surface area contributed by atoms with Crippen LogP contribution in [0.15, 0.2) is 0 Å². The molecule has 0 aromatic carbocycles. The second kappa shape index (κ2) is 4.82. The lowest BCUT2D eigenvalue weighted by Gasteiger charge is -2.34. The summed E-state index contributed by atoms with van der Waals surface area (Å²) in [6.45, 7) is 3.14. The molecule has 5 heteroatoms. The molecule has 0 spiro atoms. The Morgan fingerprint density at radius 3 is 2.19 bits per heavy atom. The summed E-state index contributed by atoms with van der Waals surface area (Å²) in [5.41, 5.74) is 0. The van der Waals surface area contributed by atoms with Crippen LogP contribution in [-0.2, 0) is 9.59 Å². The molecule has 0 aromatic heterocycles. The van der Waals surface area contributed by atoms with E-state index >= 15 is 0 Å². The summed E-state index contributed by atoms with van der Waals surface area (Å²) in [4.78, 5) is 27.1. The van der Waals surface area contributed by atoms with Crippen molar-refractivity contribution in [1.82, 2.24) is 15.1 Å². The van der Waals surface area contributed by atoms with Gasteiger partial charge >= 0.3 is 0 Å². The molecule has 90 valence electrons. The number of amides is 2. The number of piperazine rings is 1. The highest BCUT2D eigenvalue weighted by Gasteiger charge is 2.34. The summed E-state index contributed by atoms with van der Waals surface area (Å²) in [7, 11) is 1.77. The van der Waals surface area contributed by atoms with Gasteiger partial charge in [0.1, 0.15) is 0 Å². The van der Waals surface area contributed by atoms with Crippen molar-refractivity contribution in [3.8, 4) is 0 Å². The van der Waals surface area contributed by atoms with Gasteiger partial charge in [-0.2, -0.15) is 0 Å². The van der Waals surface area contributed by atoms with Gasteiger partial charge in [0.25, 0.3) is 0 Å². The molecule has 2 aliphatic rings. The Bertz CT molecular complexity index is 281. The van der Waals surface area contributed by atoms with Crippen molar-refractivity contribution in [2.45, 2.75) is 12.8 Å². The Kier molecular flexibility index (Phi) is 3.43. The van der Waals surface area contributed by atoms with Crippen LogP contribution in [0.2, 0.25) is 0 Å². The third kappa shape index (κ3) is 2.52. The average Bonchev–Trinajstić information content (AvgIpc) is 3.12. The number of nitrogens with zero attached hydrogens (tertiary/aromatic N) is 2. The predicted octanol–water partition coefficient (Wildman–Crippen LogP) is -0.713. The maximum Gasteiger partial charge on any atom is 0.236 e. The van der Waals surface area contributed by atoms with E-state index < -0.39 is 0 Å². The van der Waals surface area contributed by atoms with Crippen LogP contribution in [0.25, 0.3) is 0 Å². The summed E-state index contributed by atoms with van der Waals surface area (Å²) < 4.78 is 0. The van der Waals surface area contributed by atoms with Crippen molar-refractivity contribution >= 4 is 11.8 Å². The quantitative estimate of drug-likeness (QED) is 0.690. The molecule has 1 N–H and O–H groups in total. The van der Waals surface area contributed by atoms with E-state index in [1.54, 1.807) is 7.05 Å². The molecule has 2 amide bonds. The standard InChI is InChI=1S/C11H19N3O2/c1-12-8-10(15)13-4-6-14(7-5-13)11(16)9-2-3-9/h9,12H,2-8H2,1H3. The normalized spacial score (nSPS) is 21.1.